The molecule has 0 aromatic heterocycles. The maximum Gasteiger partial charge on any atom is 0.169 e. The summed E-state index contributed by atoms with van der Waals surface area (Å²) in [6.07, 6.45) is 1.92. The average molecular weight is 292 g/mol. The van der Waals surface area contributed by atoms with Gasteiger partial charge in [0.25, 0.3) is 0 Å². The first-order valence-corrected chi connectivity index (χ1v) is 7.25. The van der Waals surface area contributed by atoms with Gasteiger partial charge in [-0.25, -0.2) is 0 Å². The first-order valence-electron chi connectivity index (χ1n) is 6.84. The van der Waals surface area contributed by atoms with Crippen LogP contribution in [-0.2, 0) is 14.2 Å². The van der Waals surface area contributed by atoms with Gasteiger partial charge in [-0.15, -0.1) is 0 Å². The van der Waals surface area contributed by atoms with Gasteiger partial charge in [-0.1, -0.05) is 0 Å². The molecule has 0 aromatic rings. The predicted octanol–water partition coefficient (Wildman–Crippen LogP) is 1.27. The molecule has 0 heterocycles. The Kier molecular flexibility index (Phi) is 13.7. The normalized spacial score (nSPS) is 10.5. The Morgan fingerprint density at radius 3 is 2.42 bits per heavy atom. The Bertz CT molecular complexity index is 218. The first-order chi connectivity index (χ1) is 9.26. The van der Waals surface area contributed by atoms with E-state index >= 15 is 0 Å². The second-order valence-electron chi connectivity index (χ2n) is 4.11. The molecule has 0 aliphatic carbocycles. The molecule has 114 valence electrons. The van der Waals surface area contributed by atoms with Gasteiger partial charge in [-0.2, -0.15) is 0 Å². The van der Waals surface area contributed by atoms with Crippen molar-refractivity contribution in [2.45, 2.75) is 19.8 Å². The number of thiocarbonyl (C=S) groups is 1. The molecule has 0 amide bonds. The van der Waals surface area contributed by atoms with Crippen LogP contribution in [0.15, 0.2) is 0 Å². The van der Waals surface area contributed by atoms with Crippen LogP contribution in [-0.4, -0.2) is 70.3 Å². The summed E-state index contributed by atoms with van der Waals surface area (Å²) < 4.78 is 15.5. The quantitative estimate of drug-likeness (QED) is 0.432. The highest BCUT2D eigenvalue weighted by Crippen LogP contribution is 1.95. The van der Waals surface area contributed by atoms with Crippen molar-refractivity contribution < 1.29 is 14.2 Å². The van der Waals surface area contributed by atoms with Crippen LogP contribution in [0.3, 0.4) is 0 Å². The van der Waals surface area contributed by atoms with E-state index in [2.05, 4.69) is 10.2 Å². The van der Waals surface area contributed by atoms with E-state index in [0.29, 0.717) is 6.61 Å². The van der Waals surface area contributed by atoms with Crippen LogP contribution in [0.2, 0.25) is 0 Å². The SMILES string of the molecule is CCOCCCNC(=S)N(CCCOC)CCOC. The smallest absolute Gasteiger partial charge is 0.169 e. The van der Waals surface area contributed by atoms with E-state index in [0.717, 1.165) is 57.4 Å². The highest BCUT2D eigenvalue weighted by Gasteiger charge is 2.08. The highest BCUT2D eigenvalue weighted by atomic mass is 32.1. The number of nitrogens with one attached hydrogen (secondary N) is 1. The molecular formula is C13H28N2O3S. The summed E-state index contributed by atoms with van der Waals surface area (Å²) in [5, 5.41) is 4.04. The monoisotopic (exact) mass is 292 g/mol. The molecule has 0 fully saturated rings. The molecule has 0 rings (SSSR count). The van der Waals surface area contributed by atoms with Gasteiger partial charge in [0.15, 0.2) is 5.11 Å². The van der Waals surface area contributed by atoms with Crippen molar-refractivity contribution in [2.75, 3.05) is 60.3 Å². The molecule has 0 aliphatic heterocycles. The number of hydrogen-bond donors (Lipinski definition) is 1. The summed E-state index contributed by atoms with van der Waals surface area (Å²) in [6.45, 7) is 7.48. The maximum atomic E-state index is 5.39. The molecule has 0 radical (unpaired) electrons. The Balaban J connectivity index is 3.85. The van der Waals surface area contributed by atoms with Crippen LogP contribution in [0.4, 0.5) is 0 Å². The van der Waals surface area contributed by atoms with Crippen molar-refractivity contribution in [1.82, 2.24) is 10.2 Å². The van der Waals surface area contributed by atoms with E-state index in [9.17, 15) is 0 Å². The summed E-state index contributed by atoms with van der Waals surface area (Å²) in [4.78, 5) is 2.12. The highest BCUT2D eigenvalue weighted by molar-refractivity contribution is 7.80. The lowest BCUT2D eigenvalue weighted by Crippen LogP contribution is -2.42. The van der Waals surface area contributed by atoms with E-state index in [1.807, 2.05) is 6.92 Å². The minimum atomic E-state index is 0.674. The maximum absolute atomic E-state index is 5.39. The summed E-state index contributed by atoms with van der Waals surface area (Å²) in [5.74, 6) is 0. The van der Waals surface area contributed by atoms with Crippen LogP contribution in [0.5, 0.6) is 0 Å². The van der Waals surface area contributed by atoms with E-state index in [1.165, 1.54) is 0 Å². The number of ether oxygens (including phenoxy) is 3. The molecule has 0 bridgehead atoms. The minimum Gasteiger partial charge on any atom is -0.385 e. The van der Waals surface area contributed by atoms with E-state index in [4.69, 9.17) is 26.4 Å². The zero-order valence-electron chi connectivity index (χ0n) is 12.4. The zero-order valence-corrected chi connectivity index (χ0v) is 13.3. The topological polar surface area (TPSA) is 43.0 Å². The summed E-state index contributed by atoms with van der Waals surface area (Å²) in [5.41, 5.74) is 0. The molecular weight excluding hydrogens is 264 g/mol. The van der Waals surface area contributed by atoms with Gasteiger partial charge < -0.3 is 24.4 Å². The van der Waals surface area contributed by atoms with Crippen LogP contribution in [0.1, 0.15) is 19.8 Å². The Labute approximate surface area is 122 Å². The molecule has 0 unspecified atom stereocenters. The number of methoxy groups -OCH3 is 2. The zero-order chi connectivity index (χ0) is 14.3. The summed E-state index contributed by atoms with van der Waals surface area (Å²) >= 11 is 5.39. The van der Waals surface area contributed by atoms with Gasteiger partial charge in [-0.3, -0.25) is 0 Å². The molecule has 5 nitrogen and oxygen atoms in total. The van der Waals surface area contributed by atoms with Crippen molar-refractivity contribution in [3.8, 4) is 0 Å². The van der Waals surface area contributed by atoms with Crippen molar-refractivity contribution >= 4 is 17.3 Å². The lowest BCUT2D eigenvalue weighted by molar-refractivity contribution is 0.145. The third kappa shape index (κ3) is 11.1. The Morgan fingerprint density at radius 2 is 1.79 bits per heavy atom. The van der Waals surface area contributed by atoms with Crippen molar-refractivity contribution in [2.24, 2.45) is 0 Å². The van der Waals surface area contributed by atoms with E-state index in [-0.39, 0.29) is 0 Å². The molecule has 0 atom stereocenters. The van der Waals surface area contributed by atoms with Crippen molar-refractivity contribution in [3.63, 3.8) is 0 Å². The lowest BCUT2D eigenvalue weighted by Gasteiger charge is -2.25. The van der Waals surface area contributed by atoms with Crippen LogP contribution >= 0.6 is 12.2 Å². The largest absolute Gasteiger partial charge is 0.385 e. The second-order valence-corrected chi connectivity index (χ2v) is 4.50. The number of nitrogens with zero attached hydrogens (tertiary/aromatic N) is 1. The van der Waals surface area contributed by atoms with Crippen LogP contribution in [0, 0.1) is 0 Å². The van der Waals surface area contributed by atoms with Gasteiger partial charge in [-0.05, 0) is 32.0 Å². The lowest BCUT2D eigenvalue weighted by atomic mass is 10.4. The van der Waals surface area contributed by atoms with E-state index < -0.39 is 0 Å². The summed E-state index contributed by atoms with van der Waals surface area (Å²) in [6, 6.07) is 0. The molecule has 0 aromatic carbocycles. The molecule has 0 aliphatic rings. The Hall–Kier alpha value is -0.430. The standard InChI is InChI=1S/C13H28N2O3S/c1-4-18-11-5-7-14-13(19)15(9-12-17-3)8-6-10-16-2/h4-12H2,1-3H3,(H,14,19). The molecule has 0 saturated carbocycles. The molecule has 1 N–H and O–H groups in total. The van der Waals surface area contributed by atoms with Crippen LogP contribution < -0.4 is 5.32 Å². The first kappa shape index (κ1) is 18.6. The fourth-order valence-corrected chi connectivity index (χ4v) is 1.83. The van der Waals surface area contributed by atoms with Gasteiger partial charge >= 0.3 is 0 Å². The number of rotatable bonds is 12. The fourth-order valence-electron chi connectivity index (χ4n) is 1.54. The van der Waals surface area contributed by atoms with Crippen molar-refractivity contribution in [3.05, 3.63) is 0 Å². The van der Waals surface area contributed by atoms with Crippen LogP contribution in [0.25, 0.3) is 0 Å². The van der Waals surface area contributed by atoms with E-state index in [1.54, 1.807) is 14.2 Å². The Morgan fingerprint density at radius 1 is 1.05 bits per heavy atom. The average Bonchev–Trinajstić information content (AvgIpc) is 2.42. The molecule has 19 heavy (non-hydrogen) atoms. The fraction of sp³-hybridized carbons (Fsp3) is 0.923. The van der Waals surface area contributed by atoms with Gasteiger partial charge in [0, 0.05) is 53.7 Å². The predicted molar refractivity (Wildman–Crippen MR) is 81.7 cm³/mol. The number of hydrogen-bond acceptors (Lipinski definition) is 4. The second kappa shape index (κ2) is 14.0. The molecule has 0 saturated heterocycles. The third-order valence-corrected chi connectivity index (χ3v) is 2.98. The van der Waals surface area contributed by atoms with Gasteiger partial charge in [0.2, 0.25) is 0 Å². The van der Waals surface area contributed by atoms with Crippen molar-refractivity contribution in [1.29, 1.82) is 0 Å². The third-order valence-electron chi connectivity index (χ3n) is 2.57. The minimum absolute atomic E-state index is 0.674. The van der Waals surface area contributed by atoms with Gasteiger partial charge in [0.05, 0.1) is 6.61 Å². The van der Waals surface area contributed by atoms with Gasteiger partial charge in [0.1, 0.15) is 0 Å². The molecule has 6 heteroatoms. The molecule has 0 spiro atoms. The summed E-state index contributed by atoms with van der Waals surface area (Å²) in [7, 11) is 3.41.